The first kappa shape index (κ1) is 18.3. The number of benzene rings is 2. The number of hydrogen-bond acceptors (Lipinski definition) is 4. The summed E-state index contributed by atoms with van der Waals surface area (Å²) in [4.78, 5) is 13.8. The third-order valence-corrected chi connectivity index (χ3v) is 5.55. The zero-order valence-corrected chi connectivity index (χ0v) is 15.1. The Bertz CT molecular complexity index is 913. The molecule has 0 bridgehead atoms. The summed E-state index contributed by atoms with van der Waals surface area (Å²) in [7, 11) is -2.40. The van der Waals surface area contributed by atoms with Gasteiger partial charge in [-0.2, -0.15) is 0 Å². The summed E-state index contributed by atoms with van der Waals surface area (Å²) in [6, 6.07) is 9.69. The Kier molecular flexibility index (Phi) is 5.24. The molecule has 0 saturated heterocycles. The van der Waals surface area contributed by atoms with Crippen molar-refractivity contribution in [3.8, 4) is 0 Å². The van der Waals surface area contributed by atoms with Crippen LogP contribution >= 0.6 is 0 Å². The molecular formula is C18H19FN2O4S. The summed E-state index contributed by atoms with van der Waals surface area (Å²) in [6.07, 6.45) is 1.65. The molecule has 0 fully saturated rings. The first-order valence-corrected chi connectivity index (χ1v) is 9.59. The summed E-state index contributed by atoms with van der Waals surface area (Å²) in [5.41, 5.74) is 1.99. The zero-order chi connectivity index (χ0) is 18.7. The number of aryl methyl sites for hydroxylation is 1. The third-order valence-electron chi connectivity index (χ3n) is 4.15. The van der Waals surface area contributed by atoms with Gasteiger partial charge in [0, 0.05) is 19.3 Å². The minimum Gasteiger partial charge on any atom is -0.375 e. The van der Waals surface area contributed by atoms with Crippen LogP contribution in [0.15, 0.2) is 47.4 Å². The van der Waals surface area contributed by atoms with Gasteiger partial charge in [-0.1, -0.05) is 6.07 Å². The summed E-state index contributed by atoms with van der Waals surface area (Å²) in [5.74, 6) is -0.683. The molecule has 0 atom stereocenters. The van der Waals surface area contributed by atoms with Crippen molar-refractivity contribution >= 4 is 27.3 Å². The van der Waals surface area contributed by atoms with Gasteiger partial charge in [0.1, 0.15) is 12.4 Å². The van der Waals surface area contributed by atoms with Gasteiger partial charge in [-0.25, -0.2) is 12.8 Å². The van der Waals surface area contributed by atoms with Crippen LogP contribution in [-0.2, 0) is 26.0 Å². The molecule has 0 spiro atoms. The average Bonchev–Trinajstić information content (AvgIpc) is 2.61. The van der Waals surface area contributed by atoms with Crippen LogP contribution in [0.4, 0.5) is 15.8 Å². The fourth-order valence-corrected chi connectivity index (χ4v) is 3.98. The van der Waals surface area contributed by atoms with E-state index in [1.807, 2.05) is 6.07 Å². The second kappa shape index (κ2) is 7.43. The maximum absolute atomic E-state index is 13.0. The molecule has 6 nitrogen and oxygen atoms in total. The second-order valence-electron chi connectivity index (χ2n) is 5.98. The number of halogens is 1. The fourth-order valence-electron chi connectivity index (χ4n) is 2.93. The molecule has 1 aliphatic heterocycles. The first-order valence-electron chi connectivity index (χ1n) is 8.11. The molecule has 138 valence electrons. The number of methoxy groups -OCH3 is 1. The molecule has 3 rings (SSSR count). The number of fused-ring (bicyclic) bond motifs is 1. The molecule has 0 radical (unpaired) electrons. The van der Waals surface area contributed by atoms with E-state index in [1.54, 1.807) is 17.0 Å². The quantitative estimate of drug-likeness (QED) is 0.868. The van der Waals surface area contributed by atoms with E-state index in [4.69, 9.17) is 4.74 Å². The highest BCUT2D eigenvalue weighted by atomic mass is 32.2. The van der Waals surface area contributed by atoms with Crippen LogP contribution in [0.2, 0.25) is 0 Å². The number of sulfonamides is 1. The molecule has 0 saturated carbocycles. The van der Waals surface area contributed by atoms with E-state index in [9.17, 15) is 17.6 Å². The third kappa shape index (κ3) is 3.86. The molecule has 1 aliphatic rings. The summed E-state index contributed by atoms with van der Waals surface area (Å²) >= 11 is 0. The number of carbonyl (C=O) groups excluding carboxylic acids is 1. The number of nitrogens with zero attached hydrogens (tertiary/aromatic N) is 1. The molecule has 0 aliphatic carbocycles. The van der Waals surface area contributed by atoms with Gasteiger partial charge < -0.3 is 9.64 Å². The zero-order valence-electron chi connectivity index (χ0n) is 14.2. The molecule has 0 unspecified atom stereocenters. The van der Waals surface area contributed by atoms with Crippen LogP contribution in [0, 0.1) is 5.82 Å². The minimum absolute atomic E-state index is 0.0367. The van der Waals surface area contributed by atoms with Crippen molar-refractivity contribution in [3.63, 3.8) is 0 Å². The fraction of sp³-hybridized carbons (Fsp3) is 0.278. The smallest absolute Gasteiger partial charge is 0.261 e. The average molecular weight is 378 g/mol. The molecule has 0 aromatic heterocycles. The Morgan fingerprint density at radius 2 is 1.96 bits per heavy atom. The lowest BCUT2D eigenvalue weighted by Gasteiger charge is -2.30. The lowest BCUT2D eigenvalue weighted by Crippen LogP contribution is -2.37. The second-order valence-corrected chi connectivity index (χ2v) is 7.67. The van der Waals surface area contributed by atoms with Gasteiger partial charge in [0.2, 0.25) is 0 Å². The molecular weight excluding hydrogens is 359 g/mol. The van der Waals surface area contributed by atoms with Crippen LogP contribution in [0.1, 0.15) is 12.0 Å². The highest BCUT2D eigenvalue weighted by molar-refractivity contribution is 7.92. The van der Waals surface area contributed by atoms with Crippen molar-refractivity contribution in [3.05, 3.63) is 53.8 Å². The number of ether oxygens (including phenoxy) is 1. The van der Waals surface area contributed by atoms with Crippen molar-refractivity contribution < 1.29 is 22.3 Å². The Morgan fingerprint density at radius 3 is 2.65 bits per heavy atom. The number of rotatable bonds is 5. The van der Waals surface area contributed by atoms with Crippen molar-refractivity contribution in [2.24, 2.45) is 0 Å². The molecule has 8 heteroatoms. The lowest BCUT2D eigenvalue weighted by atomic mass is 10.0. The van der Waals surface area contributed by atoms with Crippen LogP contribution in [-0.4, -0.2) is 34.6 Å². The van der Waals surface area contributed by atoms with E-state index in [-0.39, 0.29) is 17.4 Å². The van der Waals surface area contributed by atoms with Gasteiger partial charge in [0.15, 0.2) is 0 Å². The molecule has 2 aromatic carbocycles. The lowest BCUT2D eigenvalue weighted by molar-refractivity contribution is -0.122. The predicted octanol–water partition coefficient (Wildman–Crippen LogP) is 2.55. The Morgan fingerprint density at radius 1 is 1.23 bits per heavy atom. The van der Waals surface area contributed by atoms with Gasteiger partial charge in [-0.15, -0.1) is 0 Å². The molecule has 1 N–H and O–H groups in total. The van der Waals surface area contributed by atoms with E-state index >= 15 is 0 Å². The van der Waals surface area contributed by atoms with Gasteiger partial charge in [-0.3, -0.25) is 9.52 Å². The Hall–Kier alpha value is -2.45. The monoisotopic (exact) mass is 378 g/mol. The van der Waals surface area contributed by atoms with Crippen LogP contribution in [0.5, 0.6) is 0 Å². The summed E-state index contributed by atoms with van der Waals surface area (Å²) in [5, 5.41) is 0. The number of amides is 1. The van der Waals surface area contributed by atoms with Gasteiger partial charge in [0.25, 0.3) is 15.9 Å². The number of nitrogens with one attached hydrogen (secondary N) is 1. The number of hydrogen-bond donors (Lipinski definition) is 1. The predicted molar refractivity (Wildman–Crippen MR) is 96.2 cm³/mol. The molecule has 1 heterocycles. The van der Waals surface area contributed by atoms with Crippen molar-refractivity contribution in [2.45, 2.75) is 17.7 Å². The van der Waals surface area contributed by atoms with Gasteiger partial charge in [0.05, 0.1) is 10.6 Å². The number of carbonyl (C=O) groups is 1. The van der Waals surface area contributed by atoms with Gasteiger partial charge in [-0.05, 0) is 54.8 Å². The Balaban J connectivity index is 1.89. The highest BCUT2D eigenvalue weighted by Crippen LogP contribution is 2.31. The minimum atomic E-state index is -3.85. The maximum Gasteiger partial charge on any atom is 0.261 e. The van der Waals surface area contributed by atoms with Gasteiger partial charge >= 0.3 is 0 Å². The normalized spacial score (nSPS) is 14.0. The van der Waals surface area contributed by atoms with E-state index in [1.165, 1.54) is 19.2 Å². The first-order chi connectivity index (χ1) is 12.4. The Labute approximate surface area is 151 Å². The van der Waals surface area contributed by atoms with E-state index in [0.717, 1.165) is 30.5 Å². The van der Waals surface area contributed by atoms with Crippen LogP contribution in [0.25, 0.3) is 0 Å². The van der Waals surface area contributed by atoms with Crippen molar-refractivity contribution in [1.82, 2.24) is 0 Å². The SMILES string of the molecule is COCC(=O)N1CCCc2ccc(NS(=O)(=O)c3ccc(F)cc3)cc21. The highest BCUT2D eigenvalue weighted by Gasteiger charge is 2.23. The largest absolute Gasteiger partial charge is 0.375 e. The van der Waals surface area contributed by atoms with Crippen molar-refractivity contribution in [1.29, 1.82) is 0 Å². The molecule has 2 aromatic rings. The standard InChI is InChI=1S/C18H19FN2O4S/c1-25-12-18(22)21-10-2-3-13-4-7-15(11-17(13)21)20-26(23,24)16-8-5-14(19)6-9-16/h4-9,11,20H,2-3,10,12H2,1H3. The molecule has 1 amide bonds. The van der Waals surface area contributed by atoms with Crippen molar-refractivity contribution in [2.75, 3.05) is 29.9 Å². The topological polar surface area (TPSA) is 75.7 Å². The summed E-state index contributed by atoms with van der Waals surface area (Å²) in [6.45, 7) is 0.522. The van der Waals surface area contributed by atoms with Crippen LogP contribution < -0.4 is 9.62 Å². The number of anilines is 2. The van der Waals surface area contributed by atoms with E-state index in [2.05, 4.69) is 4.72 Å². The van der Waals surface area contributed by atoms with Crippen LogP contribution in [0.3, 0.4) is 0 Å². The van der Waals surface area contributed by atoms with E-state index in [0.29, 0.717) is 17.9 Å². The summed E-state index contributed by atoms with van der Waals surface area (Å²) < 4.78 is 45.3. The van der Waals surface area contributed by atoms with E-state index < -0.39 is 15.8 Å². The maximum atomic E-state index is 13.0. The molecule has 26 heavy (non-hydrogen) atoms.